The predicted octanol–water partition coefficient (Wildman–Crippen LogP) is 3.52. The van der Waals surface area contributed by atoms with E-state index >= 15 is 0 Å². The van der Waals surface area contributed by atoms with E-state index in [9.17, 15) is 19.5 Å². The van der Waals surface area contributed by atoms with Crippen molar-refractivity contribution in [3.8, 4) is 11.3 Å². The van der Waals surface area contributed by atoms with Crippen LogP contribution in [-0.4, -0.2) is 28.8 Å². The van der Waals surface area contributed by atoms with Crippen LogP contribution < -0.4 is 5.32 Å². The van der Waals surface area contributed by atoms with E-state index in [1.807, 2.05) is 6.92 Å². The molecule has 2 N–H and O–H groups in total. The van der Waals surface area contributed by atoms with Crippen LogP contribution in [0, 0.1) is 0 Å². The highest BCUT2D eigenvalue weighted by molar-refractivity contribution is 5.95. The van der Waals surface area contributed by atoms with Gasteiger partial charge in [0.25, 0.3) is 5.91 Å². The van der Waals surface area contributed by atoms with E-state index in [4.69, 9.17) is 4.42 Å². The Kier molecular flexibility index (Phi) is 6.11. The molecule has 0 unspecified atom stereocenters. The van der Waals surface area contributed by atoms with Gasteiger partial charge in [-0.25, -0.2) is 4.79 Å². The quantitative estimate of drug-likeness (QED) is 0.715. The van der Waals surface area contributed by atoms with E-state index in [0.29, 0.717) is 24.2 Å². The highest BCUT2D eigenvalue weighted by Crippen LogP contribution is 2.23. The molecular weight excluding hydrogens is 322 g/mol. The lowest BCUT2D eigenvalue weighted by Gasteiger charge is -2.12. The number of carbonyl (C=O) groups excluding carboxylic acids is 2. The van der Waals surface area contributed by atoms with Crippen LogP contribution in [-0.2, 0) is 4.79 Å². The van der Waals surface area contributed by atoms with Crippen molar-refractivity contribution in [2.45, 2.75) is 39.2 Å². The van der Waals surface area contributed by atoms with E-state index in [-0.39, 0.29) is 11.5 Å². The molecule has 0 fully saturated rings. The van der Waals surface area contributed by atoms with Gasteiger partial charge < -0.3 is 14.8 Å². The first-order chi connectivity index (χ1) is 11.9. The Morgan fingerprint density at radius 2 is 1.80 bits per heavy atom. The Hall–Kier alpha value is -2.89. The summed E-state index contributed by atoms with van der Waals surface area (Å²) in [5.74, 6) is -1.13. The summed E-state index contributed by atoms with van der Waals surface area (Å²) in [5, 5.41) is 11.7. The maximum Gasteiger partial charge on any atom is 0.326 e. The lowest BCUT2D eigenvalue weighted by Crippen LogP contribution is -2.40. The fraction of sp³-hybridized carbons (Fsp3) is 0.316. The summed E-state index contributed by atoms with van der Waals surface area (Å²) < 4.78 is 5.53. The van der Waals surface area contributed by atoms with Gasteiger partial charge >= 0.3 is 5.97 Å². The standard InChI is InChI=1S/C19H21NO5/c1-3-4-5-15(19(23)24)20-18(22)17-11-10-16(25-17)14-8-6-13(7-9-14)12(2)21/h6-11,15H,3-5H2,1-2H3,(H,20,22)(H,23,24)/t15-/m0/s1. The molecule has 2 aromatic rings. The molecule has 0 aliphatic heterocycles. The maximum atomic E-state index is 12.2. The number of unbranched alkanes of at least 4 members (excludes halogenated alkanes) is 1. The second-order valence-corrected chi connectivity index (χ2v) is 5.80. The molecule has 132 valence electrons. The van der Waals surface area contributed by atoms with Gasteiger partial charge in [0.15, 0.2) is 11.5 Å². The van der Waals surface area contributed by atoms with Gasteiger partial charge in [0.1, 0.15) is 11.8 Å². The molecule has 0 saturated carbocycles. The Balaban J connectivity index is 2.10. The zero-order valence-corrected chi connectivity index (χ0v) is 14.2. The fourth-order valence-electron chi connectivity index (χ4n) is 2.38. The average Bonchev–Trinajstić information content (AvgIpc) is 3.08. The molecule has 0 aliphatic carbocycles. The molecule has 0 spiro atoms. The van der Waals surface area contributed by atoms with Gasteiger partial charge in [-0.2, -0.15) is 0 Å². The van der Waals surface area contributed by atoms with Crippen molar-refractivity contribution in [1.29, 1.82) is 0 Å². The third-order valence-electron chi connectivity index (χ3n) is 3.86. The van der Waals surface area contributed by atoms with Gasteiger partial charge in [-0.05, 0) is 25.5 Å². The van der Waals surface area contributed by atoms with Crippen molar-refractivity contribution in [3.63, 3.8) is 0 Å². The number of hydrogen-bond donors (Lipinski definition) is 2. The molecule has 1 aromatic carbocycles. The second-order valence-electron chi connectivity index (χ2n) is 5.80. The molecule has 0 bridgehead atoms. The zero-order valence-electron chi connectivity index (χ0n) is 14.2. The van der Waals surface area contributed by atoms with E-state index in [0.717, 1.165) is 12.0 Å². The van der Waals surface area contributed by atoms with E-state index in [2.05, 4.69) is 5.32 Å². The van der Waals surface area contributed by atoms with Crippen LogP contribution in [0.5, 0.6) is 0 Å². The molecule has 1 atom stereocenters. The Morgan fingerprint density at radius 1 is 1.12 bits per heavy atom. The molecule has 6 heteroatoms. The lowest BCUT2D eigenvalue weighted by molar-refractivity contribution is -0.139. The van der Waals surface area contributed by atoms with Crippen LogP contribution >= 0.6 is 0 Å². The second kappa shape index (κ2) is 8.28. The topological polar surface area (TPSA) is 96.6 Å². The molecule has 1 heterocycles. The molecule has 0 aliphatic rings. The Morgan fingerprint density at radius 3 is 2.36 bits per heavy atom. The smallest absolute Gasteiger partial charge is 0.326 e. The molecule has 0 radical (unpaired) electrons. The molecule has 0 saturated heterocycles. The number of rotatable bonds is 8. The van der Waals surface area contributed by atoms with Gasteiger partial charge in [-0.15, -0.1) is 0 Å². The molecular formula is C19H21NO5. The summed E-state index contributed by atoms with van der Waals surface area (Å²) >= 11 is 0. The molecule has 2 rings (SSSR count). The van der Waals surface area contributed by atoms with Crippen LogP contribution in [0.1, 0.15) is 54.0 Å². The number of nitrogens with one attached hydrogen (secondary N) is 1. The van der Waals surface area contributed by atoms with Crippen molar-refractivity contribution in [2.75, 3.05) is 0 Å². The summed E-state index contributed by atoms with van der Waals surface area (Å²) in [4.78, 5) is 34.7. The lowest BCUT2D eigenvalue weighted by atomic mass is 10.1. The van der Waals surface area contributed by atoms with Crippen molar-refractivity contribution in [1.82, 2.24) is 5.32 Å². The van der Waals surface area contributed by atoms with Gasteiger partial charge in [0.05, 0.1) is 0 Å². The van der Waals surface area contributed by atoms with Crippen molar-refractivity contribution in [3.05, 3.63) is 47.7 Å². The van der Waals surface area contributed by atoms with Crippen molar-refractivity contribution in [2.24, 2.45) is 0 Å². The number of ketones is 1. The summed E-state index contributed by atoms with van der Waals surface area (Å²) in [6, 6.07) is 9.05. The molecule has 6 nitrogen and oxygen atoms in total. The third-order valence-corrected chi connectivity index (χ3v) is 3.86. The largest absolute Gasteiger partial charge is 0.480 e. The number of amides is 1. The van der Waals surface area contributed by atoms with Gasteiger partial charge in [-0.1, -0.05) is 44.0 Å². The average molecular weight is 343 g/mol. The monoisotopic (exact) mass is 343 g/mol. The Bertz CT molecular complexity index is 760. The number of carboxylic acid groups (broad SMARTS) is 1. The summed E-state index contributed by atoms with van der Waals surface area (Å²) in [7, 11) is 0. The first-order valence-corrected chi connectivity index (χ1v) is 8.17. The van der Waals surface area contributed by atoms with E-state index in [1.54, 1.807) is 30.3 Å². The number of furan rings is 1. The Labute approximate surface area is 145 Å². The van der Waals surface area contributed by atoms with E-state index in [1.165, 1.54) is 13.0 Å². The SMILES string of the molecule is CCCC[C@H](NC(=O)c1ccc(-c2ccc(C(C)=O)cc2)o1)C(=O)O. The van der Waals surface area contributed by atoms with E-state index < -0.39 is 17.9 Å². The predicted molar refractivity (Wildman–Crippen MR) is 92.6 cm³/mol. The number of carboxylic acids is 1. The summed E-state index contributed by atoms with van der Waals surface area (Å²) in [5.41, 5.74) is 1.32. The van der Waals surface area contributed by atoms with Crippen LogP contribution in [0.15, 0.2) is 40.8 Å². The highest BCUT2D eigenvalue weighted by atomic mass is 16.4. The summed E-state index contributed by atoms with van der Waals surface area (Å²) in [6.07, 6.45) is 1.93. The number of carbonyl (C=O) groups is 3. The van der Waals surface area contributed by atoms with Crippen LogP contribution in [0.25, 0.3) is 11.3 Å². The maximum absolute atomic E-state index is 12.2. The third kappa shape index (κ3) is 4.79. The minimum atomic E-state index is -1.06. The number of Topliss-reactive ketones (excluding diaryl/α,β-unsaturated/α-hetero) is 1. The zero-order chi connectivity index (χ0) is 18.4. The molecule has 25 heavy (non-hydrogen) atoms. The van der Waals surface area contributed by atoms with Crippen LogP contribution in [0.2, 0.25) is 0 Å². The van der Waals surface area contributed by atoms with Gasteiger partial charge in [-0.3, -0.25) is 9.59 Å². The van der Waals surface area contributed by atoms with Gasteiger partial charge in [0, 0.05) is 11.1 Å². The number of aliphatic carboxylic acids is 1. The van der Waals surface area contributed by atoms with Crippen LogP contribution in [0.4, 0.5) is 0 Å². The van der Waals surface area contributed by atoms with Crippen molar-refractivity contribution >= 4 is 17.7 Å². The molecule has 1 amide bonds. The number of hydrogen-bond acceptors (Lipinski definition) is 4. The fourth-order valence-corrected chi connectivity index (χ4v) is 2.38. The van der Waals surface area contributed by atoms with Gasteiger partial charge in [0.2, 0.25) is 0 Å². The first-order valence-electron chi connectivity index (χ1n) is 8.17. The first kappa shape index (κ1) is 18.4. The normalized spacial score (nSPS) is 11.8. The van der Waals surface area contributed by atoms with Crippen molar-refractivity contribution < 1.29 is 23.9 Å². The minimum Gasteiger partial charge on any atom is -0.480 e. The number of benzene rings is 1. The molecule has 1 aromatic heterocycles. The highest BCUT2D eigenvalue weighted by Gasteiger charge is 2.22. The minimum absolute atomic E-state index is 0.0298. The summed E-state index contributed by atoms with van der Waals surface area (Å²) in [6.45, 7) is 3.44. The van der Waals surface area contributed by atoms with Crippen LogP contribution in [0.3, 0.4) is 0 Å².